The monoisotopic (exact) mass is 353 g/mol. The lowest BCUT2D eigenvalue weighted by molar-refractivity contribution is 0.182. The Morgan fingerprint density at radius 3 is 2.92 bits per heavy atom. The third-order valence-electron chi connectivity index (χ3n) is 4.61. The molecule has 1 aromatic heterocycles. The van der Waals surface area contributed by atoms with Gasteiger partial charge in [0.05, 0.1) is 6.20 Å². The third kappa shape index (κ3) is 3.55. The van der Waals surface area contributed by atoms with Crippen LogP contribution in [0.3, 0.4) is 0 Å². The van der Waals surface area contributed by atoms with Crippen molar-refractivity contribution in [2.24, 2.45) is 0 Å². The van der Waals surface area contributed by atoms with E-state index in [-0.39, 0.29) is 6.10 Å². The molecule has 5 heteroatoms. The lowest BCUT2D eigenvalue weighted by Gasteiger charge is -2.20. The average Bonchev–Trinajstić information content (AvgIpc) is 3.08. The highest BCUT2D eigenvalue weighted by molar-refractivity contribution is 6.30. The fraction of sp³-hybridized carbons (Fsp3) is 0.250. The Labute approximate surface area is 152 Å². The summed E-state index contributed by atoms with van der Waals surface area (Å²) in [5.74, 6) is 0.812. The van der Waals surface area contributed by atoms with Gasteiger partial charge in [0.2, 0.25) is 0 Å². The lowest BCUT2D eigenvalue weighted by Crippen LogP contribution is -2.18. The maximum absolute atomic E-state index is 6.29. The number of nitrogens with zero attached hydrogens (tertiary/aromatic N) is 2. The van der Waals surface area contributed by atoms with E-state index in [0.29, 0.717) is 5.02 Å². The number of fused-ring (bicyclic) bond motifs is 1. The van der Waals surface area contributed by atoms with Crippen LogP contribution in [0, 0.1) is 0 Å². The van der Waals surface area contributed by atoms with Crippen LogP contribution >= 0.6 is 11.6 Å². The van der Waals surface area contributed by atoms with Gasteiger partial charge in [-0.25, -0.2) is 0 Å². The lowest BCUT2D eigenvalue weighted by atomic mass is 9.97. The first-order valence-corrected chi connectivity index (χ1v) is 8.79. The van der Waals surface area contributed by atoms with Gasteiger partial charge in [-0.3, -0.25) is 5.10 Å². The number of aromatic amines is 1. The quantitative estimate of drug-likeness (QED) is 0.743. The van der Waals surface area contributed by atoms with Gasteiger partial charge < -0.3 is 9.64 Å². The number of ether oxygens (including phenoxy) is 1. The van der Waals surface area contributed by atoms with E-state index < -0.39 is 0 Å². The van der Waals surface area contributed by atoms with Crippen molar-refractivity contribution in [3.8, 4) is 16.9 Å². The molecule has 4 rings (SSSR count). The summed E-state index contributed by atoms with van der Waals surface area (Å²) in [6.07, 6.45) is 4.74. The normalized spacial score (nSPS) is 17.8. The molecule has 2 aromatic carbocycles. The molecule has 128 valence electrons. The Balaban J connectivity index is 1.68. The number of hydrogen-bond donors (Lipinski definition) is 1. The van der Waals surface area contributed by atoms with Gasteiger partial charge in [-0.05, 0) is 48.0 Å². The van der Waals surface area contributed by atoms with Crippen molar-refractivity contribution in [1.82, 2.24) is 15.1 Å². The van der Waals surface area contributed by atoms with Crippen molar-refractivity contribution < 1.29 is 4.74 Å². The molecule has 1 aliphatic rings. The van der Waals surface area contributed by atoms with Crippen LogP contribution in [0.5, 0.6) is 5.75 Å². The number of rotatable bonds is 3. The van der Waals surface area contributed by atoms with Crippen molar-refractivity contribution in [3.05, 3.63) is 71.0 Å². The van der Waals surface area contributed by atoms with E-state index in [1.165, 1.54) is 16.7 Å². The van der Waals surface area contributed by atoms with Gasteiger partial charge in [-0.2, -0.15) is 5.10 Å². The van der Waals surface area contributed by atoms with Crippen LogP contribution in [0.2, 0.25) is 5.02 Å². The molecule has 0 aliphatic carbocycles. The zero-order valence-corrected chi connectivity index (χ0v) is 14.8. The van der Waals surface area contributed by atoms with E-state index in [4.69, 9.17) is 16.3 Å². The van der Waals surface area contributed by atoms with Gasteiger partial charge in [0.25, 0.3) is 0 Å². The highest BCUT2D eigenvalue weighted by atomic mass is 35.5. The minimum atomic E-state index is 0.0248. The van der Waals surface area contributed by atoms with Crippen molar-refractivity contribution in [1.29, 1.82) is 0 Å². The molecule has 1 unspecified atom stereocenters. The van der Waals surface area contributed by atoms with Gasteiger partial charge in [0, 0.05) is 36.3 Å². The van der Waals surface area contributed by atoms with Crippen LogP contribution in [-0.4, -0.2) is 28.7 Å². The third-order valence-corrected chi connectivity index (χ3v) is 4.84. The molecule has 0 bridgehead atoms. The Bertz CT molecular complexity index is 863. The molecule has 2 heterocycles. The van der Waals surface area contributed by atoms with E-state index in [0.717, 1.165) is 30.8 Å². The van der Waals surface area contributed by atoms with Crippen LogP contribution in [0.15, 0.2) is 54.9 Å². The molecule has 1 atom stereocenters. The Morgan fingerprint density at radius 2 is 2.12 bits per heavy atom. The van der Waals surface area contributed by atoms with Gasteiger partial charge in [0.15, 0.2) is 0 Å². The molecule has 0 fully saturated rings. The standard InChI is InChI=1S/C20H20ClN3O/c1-24-8-7-20(25-18-4-2-3-17(21)10-18)19-6-5-14(9-15(19)13-24)16-11-22-23-12-16/h2-6,9-12,20H,7-8,13H2,1H3,(H,22,23). The number of benzene rings is 2. The molecule has 0 radical (unpaired) electrons. The highest BCUT2D eigenvalue weighted by Crippen LogP contribution is 2.33. The smallest absolute Gasteiger partial charge is 0.125 e. The zero-order valence-electron chi connectivity index (χ0n) is 14.1. The van der Waals surface area contributed by atoms with Crippen LogP contribution in [0.25, 0.3) is 11.1 Å². The predicted octanol–water partition coefficient (Wildman–Crippen LogP) is 4.69. The molecule has 0 saturated carbocycles. The second kappa shape index (κ2) is 6.90. The molecule has 3 aromatic rings. The first kappa shape index (κ1) is 16.2. The minimum absolute atomic E-state index is 0.0248. The Hall–Kier alpha value is -2.30. The summed E-state index contributed by atoms with van der Waals surface area (Å²) < 4.78 is 6.29. The zero-order chi connectivity index (χ0) is 17.2. The Morgan fingerprint density at radius 1 is 1.20 bits per heavy atom. The van der Waals surface area contributed by atoms with Crippen molar-refractivity contribution in [3.63, 3.8) is 0 Å². The first-order valence-electron chi connectivity index (χ1n) is 8.42. The topological polar surface area (TPSA) is 41.1 Å². The summed E-state index contributed by atoms with van der Waals surface area (Å²) in [6.45, 7) is 1.90. The summed E-state index contributed by atoms with van der Waals surface area (Å²) in [5.41, 5.74) is 4.81. The van der Waals surface area contributed by atoms with E-state index in [2.05, 4.69) is 40.3 Å². The van der Waals surface area contributed by atoms with Crippen molar-refractivity contribution >= 4 is 11.6 Å². The summed E-state index contributed by atoms with van der Waals surface area (Å²) in [6, 6.07) is 14.2. The van der Waals surface area contributed by atoms with Gasteiger partial charge in [0.1, 0.15) is 11.9 Å². The summed E-state index contributed by atoms with van der Waals surface area (Å²) >= 11 is 6.10. The predicted molar refractivity (Wildman–Crippen MR) is 99.8 cm³/mol. The number of aromatic nitrogens is 2. The number of H-pyrrole nitrogens is 1. The van der Waals surface area contributed by atoms with Crippen molar-refractivity contribution in [2.45, 2.75) is 19.1 Å². The molecule has 0 amide bonds. The van der Waals surface area contributed by atoms with E-state index in [1.807, 2.05) is 36.7 Å². The summed E-state index contributed by atoms with van der Waals surface area (Å²) in [5, 5.41) is 7.62. The molecule has 1 aliphatic heterocycles. The SMILES string of the molecule is CN1CCC(Oc2cccc(Cl)c2)c2ccc(-c3cn[nH]c3)cc2C1. The minimum Gasteiger partial charge on any atom is -0.486 e. The van der Waals surface area contributed by atoms with Crippen LogP contribution in [-0.2, 0) is 6.54 Å². The summed E-state index contributed by atoms with van der Waals surface area (Å²) in [4.78, 5) is 2.33. The van der Waals surface area contributed by atoms with E-state index >= 15 is 0 Å². The van der Waals surface area contributed by atoms with E-state index in [9.17, 15) is 0 Å². The number of nitrogens with one attached hydrogen (secondary N) is 1. The molecule has 25 heavy (non-hydrogen) atoms. The van der Waals surface area contributed by atoms with Crippen LogP contribution in [0.1, 0.15) is 23.7 Å². The first-order chi connectivity index (χ1) is 12.2. The highest BCUT2D eigenvalue weighted by Gasteiger charge is 2.23. The maximum Gasteiger partial charge on any atom is 0.125 e. The fourth-order valence-electron chi connectivity index (χ4n) is 3.34. The van der Waals surface area contributed by atoms with E-state index in [1.54, 1.807) is 0 Å². The second-order valence-corrected chi connectivity index (χ2v) is 6.93. The van der Waals surface area contributed by atoms with Crippen LogP contribution < -0.4 is 4.74 Å². The van der Waals surface area contributed by atoms with Gasteiger partial charge >= 0.3 is 0 Å². The molecular weight excluding hydrogens is 334 g/mol. The number of halogens is 1. The number of hydrogen-bond acceptors (Lipinski definition) is 3. The maximum atomic E-state index is 6.29. The van der Waals surface area contributed by atoms with Gasteiger partial charge in [-0.15, -0.1) is 0 Å². The molecule has 0 saturated heterocycles. The fourth-order valence-corrected chi connectivity index (χ4v) is 3.52. The Kier molecular flexibility index (Phi) is 4.47. The van der Waals surface area contributed by atoms with Gasteiger partial charge in [-0.1, -0.05) is 29.8 Å². The summed E-state index contributed by atoms with van der Waals surface area (Å²) in [7, 11) is 2.15. The van der Waals surface area contributed by atoms with Crippen molar-refractivity contribution in [2.75, 3.05) is 13.6 Å². The largest absolute Gasteiger partial charge is 0.486 e. The molecule has 4 nitrogen and oxygen atoms in total. The molecule has 0 spiro atoms. The molecular formula is C20H20ClN3O. The van der Waals surface area contributed by atoms with Crippen LogP contribution in [0.4, 0.5) is 0 Å². The average molecular weight is 354 g/mol. The second-order valence-electron chi connectivity index (χ2n) is 6.49. The molecule has 1 N–H and O–H groups in total.